The summed E-state index contributed by atoms with van der Waals surface area (Å²) in [4.78, 5) is 23.0. The summed E-state index contributed by atoms with van der Waals surface area (Å²) in [5, 5.41) is 16.1. The molecule has 0 bridgehead atoms. The largest absolute Gasteiger partial charge is 0.340 e. The van der Waals surface area contributed by atoms with Gasteiger partial charge in [0, 0.05) is 34.8 Å². The molecule has 0 spiro atoms. The maximum absolute atomic E-state index is 13.3. The summed E-state index contributed by atoms with van der Waals surface area (Å²) in [5.41, 5.74) is 5.67. The van der Waals surface area contributed by atoms with Crippen molar-refractivity contribution in [3.63, 3.8) is 0 Å². The molecule has 4 aromatic rings. The van der Waals surface area contributed by atoms with Gasteiger partial charge in [-0.3, -0.25) is 14.9 Å². The maximum atomic E-state index is 13.3. The van der Waals surface area contributed by atoms with E-state index in [0.29, 0.717) is 6.54 Å². The number of fused-ring (bicyclic) bond motifs is 1. The van der Waals surface area contributed by atoms with E-state index in [1.807, 2.05) is 31.2 Å². The maximum Gasteiger partial charge on any atom is 0.282 e. The van der Waals surface area contributed by atoms with Gasteiger partial charge in [-0.25, -0.2) is 9.82 Å². The Morgan fingerprint density at radius 2 is 1.78 bits per heavy atom. The van der Waals surface area contributed by atoms with Crippen molar-refractivity contribution in [1.29, 1.82) is 0 Å². The van der Waals surface area contributed by atoms with Gasteiger partial charge in [0.15, 0.2) is 0 Å². The van der Waals surface area contributed by atoms with E-state index >= 15 is 0 Å². The second-order valence-corrected chi connectivity index (χ2v) is 7.20. The van der Waals surface area contributed by atoms with Crippen LogP contribution in [0.4, 0.5) is 10.1 Å². The number of nitrogens with one attached hydrogen (secondary N) is 1. The van der Waals surface area contributed by atoms with Crippen molar-refractivity contribution in [3.8, 4) is 0 Å². The van der Waals surface area contributed by atoms with Crippen LogP contribution in [0.15, 0.2) is 77.9 Å². The molecule has 4 rings (SSSR count). The van der Waals surface area contributed by atoms with E-state index in [9.17, 15) is 19.3 Å². The lowest BCUT2D eigenvalue weighted by Crippen LogP contribution is -2.19. The van der Waals surface area contributed by atoms with Gasteiger partial charge in [-0.15, -0.1) is 0 Å². The predicted octanol–water partition coefficient (Wildman–Crippen LogP) is 4.81. The Bertz CT molecular complexity index is 1340. The molecule has 1 heterocycles. The highest BCUT2D eigenvalue weighted by atomic mass is 19.1. The van der Waals surface area contributed by atoms with Gasteiger partial charge in [-0.2, -0.15) is 5.10 Å². The number of hydrogen-bond donors (Lipinski definition) is 1. The van der Waals surface area contributed by atoms with Crippen molar-refractivity contribution >= 4 is 28.7 Å². The molecule has 0 aliphatic heterocycles. The van der Waals surface area contributed by atoms with Crippen LogP contribution in [0.1, 0.15) is 27.2 Å². The summed E-state index contributed by atoms with van der Waals surface area (Å²) in [7, 11) is 0. The molecular formula is C24H19FN4O3. The Morgan fingerprint density at radius 3 is 2.53 bits per heavy atom. The average Bonchev–Trinajstić information content (AvgIpc) is 3.06. The lowest BCUT2D eigenvalue weighted by molar-refractivity contribution is -0.385. The summed E-state index contributed by atoms with van der Waals surface area (Å²) in [6, 6.07) is 19.8. The monoisotopic (exact) mass is 430 g/mol. The molecule has 8 heteroatoms. The number of carbonyl (C=O) groups excluding carboxylic acids is 1. The van der Waals surface area contributed by atoms with Gasteiger partial charge < -0.3 is 4.57 Å². The zero-order chi connectivity index (χ0) is 22.7. The van der Waals surface area contributed by atoms with Crippen molar-refractivity contribution in [2.45, 2.75) is 13.5 Å². The number of aromatic nitrogens is 1. The fourth-order valence-electron chi connectivity index (χ4n) is 3.64. The van der Waals surface area contributed by atoms with Crippen LogP contribution in [0.3, 0.4) is 0 Å². The fraction of sp³-hybridized carbons (Fsp3) is 0.0833. The Kier molecular flexibility index (Phi) is 5.76. The summed E-state index contributed by atoms with van der Waals surface area (Å²) >= 11 is 0. The van der Waals surface area contributed by atoms with Gasteiger partial charge in [-0.05, 0) is 36.8 Å². The molecule has 0 atom stereocenters. The first-order valence-corrected chi connectivity index (χ1v) is 9.85. The van der Waals surface area contributed by atoms with E-state index < -0.39 is 10.8 Å². The summed E-state index contributed by atoms with van der Waals surface area (Å²) < 4.78 is 15.4. The molecule has 160 valence electrons. The highest BCUT2D eigenvalue weighted by Crippen LogP contribution is 2.26. The number of nitro groups is 1. The van der Waals surface area contributed by atoms with Crippen molar-refractivity contribution in [2.24, 2.45) is 5.10 Å². The minimum atomic E-state index is -0.666. The molecule has 1 amide bonds. The van der Waals surface area contributed by atoms with Crippen LogP contribution in [0.5, 0.6) is 0 Å². The van der Waals surface area contributed by atoms with Crippen molar-refractivity contribution in [2.75, 3.05) is 0 Å². The molecule has 0 saturated heterocycles. The quantitative estimate of drug-likeness (QED) is 0.270. The number of rotatable bonds is 6. The van der Waals surface area contributed by atoms with Gasteiger partial charge in [0.25, 0.3) is 11.6 Å². The zero-order valence-electron chi connectivity index (χ0n) is 17.2. The zero-order valence-corrected chi connectivity index (χ0v) is 17.2. The van der Waals surface area contributed by atoms with Crippen molar-refractivity contribution in [3.05, 3.63) is 111 Å². The molecule has 3 aromatic carbocycles. The van der Waals surface area contributed by atoms with Crippen LogP contribution in [0.2, 0.25) is 0 Å². The van der Waals surface area contributed by atoms with Gasteiger partial charge in [0.1, 0.15) is 11.4 Å². The third kappa shape index (κ3) is 4.11. The van der Waals surface area contributed by atoms with Crippen LogP contribution in [0, 0.1) is 22.9 Å². The van der Waals surface area contributed by atoms with E-state index in [-0.39, 0.29) is 17.1 Å². The molecule has 32 heavy (non-hydrogen) atoms. The number of carbonyl (C=O) groups is 1. The smallest absolute Gasteiger partial charge is 0.282 e. The van der Waals surface area contributed by atoms with Gasteiger partial charge in [0.2, 0.25) is 0 Å². The Balaban J connectivity index is 1.63. The number of para-hydroxylation sites is 2. The van der Waals surface area contributed by atoms with Crippen LogP contribution in [-0.4, -0.2) is 21.6 Å². The second-order valence-electron chi connectivity index (χ2n) is 7.20. The minimum absolute atomic E-state index is 0.0647. The highest BCUT2D eigenvalue weighted by Gasteiger charge is 2.19. The van der Waals surface area contributed by atoms with E-state index in [0.717, 1.165) is 27.7 Å². The number of halogens is 1. The number of benzene rings is 3. The van der Waals surface area contributed by atoms with E-state index in [2.05, 4.69) is 15.1 Å². The second kappa shape index (κ2) is 8.81. The number of hydrazone groups is 1. The van der Waals surface area contributed by atoms with Gasteiger partial charge >= 0.3 is 0 Å². The van der Waals surface area contributed by atoms with Crippen LogP contribution >= 0.6 is 0 Å². The molecular weight excluding hydrogens is 411 g/mol. The topological polar surface area (TPSA) is 89.5 Å². The SMILES string of the molecule is Cc1c(/C=N\NC(=O)c2ccccc2[N+](=O)[O-])c2ccccc2n1Cc1ccc(F)cc1. The molecule has 7 nitrogen and oxygen atoms in total. The minimum Gasteiger partial charge on any atom is -0.340 e. The average molecular weight is 430 g/mol. The molecule has 0 saturated carbocycles. The third-order valence-electron chi connectivity index (χ3n) is 5.24. The van der Waals surface area contributed by atoms with E-state index in [4.69, 9.17) is 0 Å². The highest BCUT2D eigenvalue weighted by molar-refractivity contribution is 6.02. The van der Waals surface area contributed by atoms with Gasteiger partial charge in [-0.1, -0.05) is 42.5 Å². The van der Waals surface area contributed by atoms with Crippen LogP contribution in [-0.2, 0) is 6.54 Å². The van der Waals surface area contributed by atoms with Gasteiger partial charge in [0.05, 0.1) is 11.1 Å². The molecule has 0 aliphatic rings. The Hall–Kier alpha value is -4.33. The summed E-state index contributed by atoms with van der Waals surface area (Å²) in [6.07, 6.45) is 1.53. The molecule has 0 radical (unpaired) electrons. The standard InChI is InChI=1S/C24H19FN4O3/c1-16-21(14-26-27-24(30)20-7-3-5-9-23(20)29(31)32)19-6-2-4-8-22(19)28(16)15-17-10-12-18(25)13-11-17/h2-14H,15H2,1H3,(H,27,30)/b26-14-. The summed E-state index contributed by atoms with van der Waals surface area (Å²) in [5.74, 6) is -0.952. The fourth-order valence-corrected chi connectivity index (χ4v) is 3.64. The van der Waals surface area contributed by atoms with Crippen molar-refractivity contribution < 1.29 is 14.1 Å². The normalized spacial score (nSPS) is 11.2. The number of hydrogen-bond acceptors (Lipinski definition) is 4. The molecule has 0 fully saturated rings. The molecule has 0 aliphatic carbocycles. The molecule has 0 unspecified atom stereocenters. The molecule has 1 aromatic heterocycles. The molecule has 1 N–H and O–H groups in total. The van der Waals surface area contributed by atoms with E-state index in [1.54, 1.807) is 18.2 Å². The Labute approximate surface area is 183 Å². The predicted molar refractivity (Wildman–Crippen MR) is 120 cm³/mol. The number of amides is 1. The van der Waals surface area contributed by atoms with Crippen LogP contribution in [0.25, 0.3) is 10.9 Å². The van der Waals surface area contributed by atoms with Crippen molar-refractivity contribution in [1.82, 2.24) is 9.99 Å². The first kappa shape index (κ1) is 20.9. The third-order valence-corrected chi connectivity index (χ3v) is 5.24. The van der Waals surface area contributed by atoms with Crippen LogP contribution < -0.4 is 5.43 Å². The summed E-state index contributed by atoms with van der Waals surface area (Å²) in [6.45, 7) is 2.48. The Morgan fingerprint density at radius 1 is 1.09 bits per heavy atom. The first-order valence-electron chi connectivity index (χ1n) is 9.85. The lowest BCUT2D eigenvalue weighted by atomic mass is 10.1. The number of nitro benzene ring substituents is 1. The van der Waals surface area contributed by atoms with E-state index in [1.165, 1.54) is 36.5 Å². The lowest BCUT2D eigenvalue weighted by Gasteiger charge is -2.08. The number of nitrogens with zero attached hydrogens (tertiary/aromatic N) is 3. The first-order chi connectivity index (χ1) is 15.5.